The Morgan fingerprint density at radius 1 is 1.15 bits per heavy atom. The molecule has 10 heteroatoms. The van der Waals surface area contributed by atoms with E-state index in [4.69, 9.17) is 0 Å². The van der Waals surface area contributed by atoms with Gasteiger partial charge in [-0.25, -0.2) is 21.3 Å². The van der Waals surface area contributed by atoms with E-state index in [0.717, 1.165) is 5.56 Å². The molecule has 0 aliphatic carbocycles. The van der Waals surface area contributed by atoms with E-state index in [0.29, 0.717) is 31.6 Å². The number of carbonyl (C=O) groups is 1. The second-order valence-electron chi connectivity index (χ2n) is 8.68. The standard InChI is InChI=1S/C23H28FN3O4S2/c1-16-8-11-22(17-6-4-3-5-7-17)33(30,31)27(16)15-18-9-10-20(12-21(18)24)25-23(28)19-13-26(14-19)32(2)29/h3-7,9-10,12,16,19,22H,8,11,13-15H2,1-2H3,(H,25,28)/t16-,22?,32?/m0/s1. The number of carbonyl (C=O) groups excluding carboxylic acids is 1. The lowest BCUT2D eigenvalue weighted by Crippen LogP contribution is -2.52. The molecule has 2 aromatic carbocycles. The van der Waals surface area contributed by atoms with Gasteiger partial charge in [-0.15, -0.1) is 0 Å². The van der Waals surface area contributed by atoms with E-state index >= 15 is 0 Å². The Morgan fingerprint density at radius 2 is 1.85 bits per heavy atom. The third-order valence-electron chi connectivity index (χ3n) is 6.43. The van der Waals surface area contributed by atoms with E-state index in [1.165, 1.54) is 16.4 Å². The summed E-state index contributed by atoms with van der Waals surface area (Å²) in [6.07, 6.45) is 2.78. The van der Waals surface area contributed by atoms with Crippen LogP contribution in [-0.2, 0) is 32.3 Å². The average molecular weight is 494 g/mol. The number of nitrogens with zero attached hydrogens (tertiary/aromatic N) is 2. The molecule has 7 nitrogen and oxygen atoms in total. The van der Waals surface area contributed by atoms with Crippen LogP contribution in [0.5, 0.6) is 0 Å². The number of hydrogen-bond donors (Lipinski definition) is 1. The van der Waals surface area contributed by atoms with Gasteiger partial charge in [0.05, 0.1) is 16.9 Å². The van der Waals surface area contributed by atoms with Crippen LogP contribution in [0.25, 0.3) is 0 Å². The number of anilines is 1. The van der Waals surface area contributed by atoms with Gasteiger partial charge in [0.25, 0.3) is 0 Å². The fourth-order valence-electron chi connectivity index (χ4n) is 4.33. The van der Waals surface area contributed by atoms with Crippen LogP contribution in [0.4, 0.5) is 10.1 Å². The first-order chi connectivity index (χ1) is 15.7. The number of halogens is 1. The molecule has 0 bridgehead atoms. The summed E-state index contributed by atoms with van der Waals surface area (Å²) in [6.45, 7) is 2.59. The molecule has 0 radical (unpaired) electrons. The summed E-state index contributed by atoms with van der Waals surface area (Å²) in [6, 6.07) is 13.2. The van der Waals surface area contributed by atoms with Gasteiger partial charge in [0.1, 0.15) is 11.1 Å². The molecule has 33 heavy (non-hydrogen) atoms. The molecule has 2 aliphatic heterocycles. The smallest absolute Gasteiger partial charge is 0.230 e. The van der Waals surface area contributed by atoms with Crippen molar-refractivity contribution in [1.29, 1.82) is 0 Å². The van der Waals surface area contributed by atoms with Crippen LogP contribution < -0.4 is 5.32 Å². The van der Waals surface area contributed by atoms with Crippen molar-refractivity contribution in [3.05, 3.63) is 65.5 Å². The lowest BCUT2D eigenvalue weighted by molar-refractivity contribution is -0.122. The van der Waals surface area contributed by atoms with Crippen LogP contribution in [0.3, 0.4) is 0 Å². The molecule has 1 N–H and O–H groups in total. The summed E-state index contributed by atoms with van der Waals surface area (Å²) in [5.41, 5.74) is 1.32. The maximum atomic E-state index is 14.9. The first kappa shape index (κ1) is 24.0. The van der Waals surface area contributed by atoms with E-state index in [1.54, 1.807) is 16.6 Å². The van der Waals surface area contributed by atoms with E-state index < -0.39 is 32.1 Å². The minimum Gasteiger partial charge on any atom is -0.326 e. The van der Waals surface area contributed by atoms with Crippen LogP contribution in [0, 0.1) is 11.7 Å². The first-order valence-corrected chi connectivity index (χ1v) is 13.9. The van der Waals surface area contributed by atoms with Gasteiger partial charge in [0, 0.05) is 43.2 Å². The normalized spacial score (nSPS) is 24.7. The minimum atomic E-state index is -3.66. The summed E-state index contributed by atoms with van der Waals surface area (Å²) in [5, 5.41) is 2.05. The predicted molar refractivity (Wildman–Crippen MR) is 127 cm³/mol. The van der Waals surface area contributed by atoms with Crippen molar-refractivity contribution in [3.8, 4) is 0 Å². The third kappa shape index (κ3) is 5.03. The second-order valence-corrected chi connectivity index (χ2v) is 12.1. The highest BCUT2D eigenvalue weighted by molar-refractivity contribution is 7.89. The van der Waals surface area contributed by atoms with Crippen LogP contribution in [0.2, 0.25) is 0 Å². The summed E-state index contributed by atoms with van der Waals surface area (Å²) in [5.74, 6) is -1.10. The molecule has 2 aromatic rings. The van der Waals surface area contributed by atoms with Gasteiger partial charge in [0.15, 0.2) is 0 Å². The zero-order valence-electron chi connectivity index (χ0n) is 18.6. The molecule has 1 amide bonds. The summed E-state index contributed by atoms with van der Waals surface area (Å²) in [7, 11) is -4.77. The highest BCUT2D eigenvalue weighted by Gasteiger charge is 2.40. The van der Waals surface area contributed by atoms with Crippen LogP contribution in [0.15, 0.2) is 48.5 Å². The van der Waals surface area contributed by atoms with Crippen molar-refractivity contribution in [2.75, 3.05) is 24.7 Å². The topological polar surface area (TPSA) is 86.8 Å². The van der Waals surface area contributed by atoms with Crippen molar-refractivity contribution < 1.29 is 21.8 Å². The Labute approximate surface area is 196 Å². The summed E-state index contributed by atoms with van der Waals surface area (Å²) >= 11 is 0. The highest BCUT2D eigenvalue weighted by Crippen LogP contribution is 2.38. The van der Waals surface area contributed by atoms with E-state index in [-0.39, 0.29) is 30.0 Å². The molecule has 2 unspecified atom stereocenters. The second kappa shape index (κ2) is 9.61. The molecule has 4 rings (SSSR count). The van der Waals surface area contributed by atoms with Crippen LogP contribution in [-0.4, -0.2) is 52.5 Å². The number of nitrogens with one attached hydrogen (secondary N) is 1. The fraction of sp³-hybridized carbons (Fsp3) is 0.435. The molecular formula is C23H28FN3O4S2. The lowest BCUT2D eigenvalue weighted by atomic mass is 10.0. The van der Waals surface area contributed by atoms with Crippen molar-refractivity contribution in [1.82, 2.24) is 8.61 Å². The number of amides is 1. The van der Waals surface area contributed by atoms with Crippen molar-refractivity contribution in [2.45, 2.75) is 37.6 Å². The third-order valence-corrected chi connectivity index (χ3v) is 9.82. The van der Waals surface area contributed by atoms with Crippen LogP contribution >= 0.6 is 0 Å². The Hall–Kier alpha value is -2.14. The highest BCUT2D eigenvalue weighted by atomic mass is 32.2. The maximum absolute atomic E-state index is 14.9. The Bertz CT molecular complexity index is 1150. The van der Waals surface area contributed by atoms with Crippen LogP contribution in [0.1, 0.15) is 36.1 Å². The molecular weight excluding hydrogens is 465 g/mol. The quantitative estimate of drug-likeness (QED) is 0.670. The van der Waals surface area contributed by atoms with Crippen molar-refractivity contribution in [2.24, 2.45) is 5.92 Å². The number of hydrogen-bond acceptors (Lipinski definition) is 4. The van der Waals surface area contributed by atoms with Gasteiger partial charge in [-0.3, -0.25) is 4.79 Å². The molecule has 2 fully saturated rings. The average Bonchev–Trinajstić information content (AvgIpc) is 2.71. The molecule has 0 aromatic heterocycles. The van der Waals surface area contributed by atoms with Gasteiger partial charge < -0.3 is 5.32 Å². The van der Waals surface area contributed by atoms with E-state index in [9.17, 15) is 21.8 Å². The minimum absolute atomic E-state index is 0.0627. The first-order valence-electron chi connectivity index (χ1n) is 10.9. The summed E-state index contributed by atoms with van der Waals surface area (Å²) in [4.78, 5) is 12.3. The molecule has 0 spiro atoms. The lowest BCUT2D eigenvalue weighted by Gasteiger charge is -2.37. The Morgan fingerprint density at radius 3 is 2.48 bits per heavy atom. The van der Waals surface area contributed by atoms with Gasteiger partial charge in [-0.1, -0.05) is 36.4 Å². The zero-order valence-corrected chi connectivity index (χ0v) is 20.2. The van der Waals surface area contributed by atoms with E-state index in [2.05, 4.69) is 5.32 Å². The molecule has 2 aliphatic rings. The van der Waals surface area contributed by atoms with E-state index in [1.807, 2.05) is 37.3 Å². The van der Waals surface area contributed by atoms with Crippen molar-refractivity contribution in [3.63, 3.8) is 0 Å². The van der Waals surface area contributed by atoms with Gasteiger partial charge in [-0.2, -0.15) is 4.31 Å². The predicted octanol–water partition coefficient (Wildman–Crippen LogP) is 3.04. The number of sulfonamides is 1. The molecule has 2 saturated heterocycles. The fourth-order valence-corrected chi connectivity index (χ4v) is 7.30. The monoisotopic (exact) mass is 493 g/mol. The molecule has 3 atom stereocenters. The maximum Gasteiger partial charge on any atom is 0.230 e. The summed E-state index contributed by atoms with van der Waals surface area (Å²) < 4.78 is 56.1. The Balaban J connectivity index is 1.46. The number of rotatable bonds is 6. The molecule has 2 heterocycles. The zero-order chi connectivity index (χ0) is 23.8. The number of benzene rings is 2. The SMILES string of the molecule is C[C@H]1CCC(c2ccccc2)S(=O)(=O)N1Cc1ccc(NC(=O)C2CN(S(C)=O)C2)cc1F. The van der Waals surface area contributed by atoms with Gasteiger partial charge in [0.2, 0.25) is 15.9 Å². The van der Waals surface area contributed by atoms with Gasteiger partial charge in [-0.05, 0) is 37.5 Å². The van der Waals surface area contributed by atoms with Gasteiger partial charge >= 0.3 is 0 Å². The molecule has 0 saturated carbocycles. The largest absolute Gasteiger partial charge is 0.326 e. The van der Waals surface area contributed by atoms with Crippen molar-refractivity contribution >= 4 is 32.6 Å². The molecule has 178 valence electrons. The Kier molecular flexibility index (Phi) is 6.99.